The summed E-state index contributed by atoms with van der Waals surface area (Å²) in [5.74, 6) is -0.633. The van der Waals surface area contributed by atoms with Gasteiger partial charge in [-0.25, -0.2) is 9.28 Å². The number of nitrogens with one attached hydrogen (secondary N) is 2. The molecule has 10 heteroatoms. The number of likely N-dealkylation sites (tertiary alicyclic amines) is 1. The van der Waals surface area contributed by atoms with Crippen molar-refractivity contribution in [3.05, 3.63) is 35.4 Å². The number of primary amides is 1. The summed E-state index contributed by atoms with van der Waals surface area (Å²) >= 11 is 0. The van der Waals surface area contributed by atoms with Crippen LogP contribution in [0.1, 0.15) is 88.2 Å². The predicted molar refractivity (Wildman–Crippen MR) is 159 cm³/mol. The van der Waals surface area contributed by atoms with Crippen LogP contribution in [0.4, 0.5) is 0 Å². The van der Waals surface area contributed by atoms with Crippen molar-refractivity contribution in [2.75, 3.05) is 13.1 Å². The number of benzene rings is 1. The van der Waals surface area contributed by atoms with Crippen LogP contribution in [0.15, 0.2) is 24.3 Å². The van der Waals surface area contributed by atoms with E-state index >= 15 is 4.79 Å². The van der Waals surface area contributed by atoms with Crippen LogP contribution in [-0.4, -0.2) is 57.9 Å². The molecule has 0 bridgehead atoms. The molecule has 0 radical (unpaired) electrons. The van der Waals surface area contributed by atoms with E-state index in [1.807, 2.05) is 12.1 Å². The zero-order valence-electron chi connectivity index (χ0n) is 24.0. The summed E-state index contributed by atoms with van der Waals surface area (Å²) in [6, 6.07) is 6.68. The van der Waals surface area contributed by atoms with E-state index in [0.29, 0.717) is 36.9 Å². The van der Waals surface area contributed by atoms with E-state index in [1.165, 1.54) is 12.8 Å². The number of nitrogens with zero attached hydrogens (tertiary/aromatic N) is 1. The van der Waals surface area contributed by atoms with Gasteiger partial charge in [0.25, 0.3) is 5.91 Å². The second kappa shape index (κ2) is 12.8. The van der Waals surface area contributed by atoms with Gasteiger partial charge in [-0.15, -0.1) is 12.4 Å². The standard InChI is InChI=1S/C31H45N5O4.ClH/c32-28(33)23-13-11-20(12-14-23)19-36(16-15-24-17-31(24,36)30(34)40)29(39)27(35-18-25(37)38)26(21-7-3-1-4-8-21)22-9-5-2-6-10-22;/h11-14,21-22,24,26-27,35H,1-10,15-19H2,(H5-,32,33,34,37,38,40);1H/p+1/t24-,27-,31+,36?;/m1./s1. The number of fused-ring (bicyclic) bond motifs is 1. The number of carbonyl (C=O) groups is 3. The maximum atomic E-state index is 15.2. The fourth-order valence-electron chi connectivity index (χ4n) is 8.80. The fraction of sp³-hybridized carbons (Fsp3) is 0.677. The minimum Gasteiger partial charge on any atom is -0.480 e. The maximum Gasteiger partial charge on any atom is 0.332 e. The van der Waals surface area contributed by atoms with E-state index in [-0.39, 0.29) is 47.0 Å². The van der Waals surface area contributed by atoms with Crippen molar-refractivity contribution in [3.63, 3.8) is 0 Å². The van der Waals surface area contributed by atoms with Gasteiger partial charge in [0.2, 0.25) is 0 Å². The second-order valence-corrected chi connectivity index (χ2v) is 12.9. The first-order valence-electron chi connectivity index (χ1n) is 15.3. The van der Waals surface area contributed by atoms with Crippen molar-refractivity contribution in [2.45, 2.75) is 95.2 Å². The number of carbonyl (C=O) groups excluding carboxylic acids is 2. The molecule has 1 unspecified atom stereocenters. The highest BCUT2D eigenvalue weighted by Gasteiger charge is 2.79. The number of carboxylic acids is 1. The third kappa shape index (κ3) is 5.90. The molecule has 1 aromatic rings. The summed E-state index contributed by atoms with van der Waals surface area (Å²) in [6.45, 7) is 0.560. The van der Waals surface area contributed by atoms with Gasteiger partial charge in [-0.2, -0.15) is 0 Å². The molecular weight excluding hydrogens is 542 g/mol. The monoisotopic (exact) mass is 588 g/mol. The lowest BCUT2D eigenvalue weighted by molar-refractivity contribution is -0.886. The maximum absolute atomic E-state index is 15.2. The van der Waals surface area contributed by atoms with Crippen molar-refractivity contribution >= 4 is 36.0 Å². The Bertz CT molecular complexity index is 1120. The number of hydrogen-bond donors (Lipinski definition) is 5. The summed E-state index contributed by atoms with van der Waals surface area (Å²) in [5, 5.41) is 20.7. The van der Waals surface area contributed by atoms with Crippen LogP contribution in [0.5, 0.6) is 0 Å². The lowest BCUT2D eigenvalue weighted by atomic mass is 9.66. The quantitative estimate of drug-likeness (QED) is 0.150. The summed E-state index contributed by atoms with van der Waals surface area (Å²) in [4.78, 5) is 40.2. The Kier molecular flexibility index (Phi) is 9.81. The van der Waals surface area contributed by atoms with Gasteiger partial charge < -0.3 is 16.6 Å². The largest absolute Gasteiger partial charge is 0.480 e. The van der Waals surface area contributed by atoms with Crippen LogP contribution in [0.2, 0.25) is 0 Å². The number of amides is 2. The third-order valence-corrected chi connectivity index (χ3v) is 10.8. The molecule has 0 spiro atoms. The Hall–Kier alpha value is -2.49. The molecule has 4 aliphatic rings. The normalized spacial score (nSPS) is 28.9. The van der Waals surface area contributed by atoms with Crippen LogP contribution < -0.4 is 16.8 Å². The van der Waals surface area contributed by atoms with Gasteiger partial charge in [-0.3, -0.25) is 20.3 Å². The number of halogens is 1. The first-order valence-corrected chi connectivity index (χ1v) is 15.3. The van der Waals surface area contributed by atoms with Crippen LogP contribution in [-0.2, 0) is 20.9 Å². The van der Waals surface area contributed by atoms with Gasteiger partial charge in [0, 0.05) is 29.9 Å². The Morgan fingerprint density at radius 2 is 1.51 bits per heavy atom. The van der Waals surface area contributed by atoms with Crippen molar-refractivity contribution in [1.29, 1.82) is 5.41 Å². The van der Waals surface area contributed by atoms with Crippen molar-refractivity contribution in [3.8, 4) is 0 Å². The van der Waals surface area contributed by atoms with E-state index in [4.69, 9.17) is 16.9 Å². The summed E-state index contributed by atoms with van der Waals surface area (Å²) in [7, 11) is 0. The first-order chi connectivity index (χ1) is 19.2. The average Bonchev–Trinajstić information content (AvgIpc) is 3.62. The number of aliphatic carboxylic acids is 1. The van der Waals surface area contributed by atoms with E-state index < -0.39 is 23.5 Å². The predicted octanol–water partition coefficient (Wildman–Crippen LogP) is 3.70. The number of rotatable bonds is 11. The highest BCUT2D eigenvalue weighted by molar-refractivity contribution is 5.95. The number of hydrogen-bond acceptors (Lipinski definition) is 5. The van der Waals surface area contributed by atoms with Crippen LogP contribution in [0.25, 0.3) is 0 Å². The minimum absolute atomic E-state index is 0. The Balaban J connectivity index is 0.00000387. The lowest BCUT2D eigenvalue weighted by Gasteiger charge is -2.46. The topological polar surface area (TPSA) is 159 Å². The molecule has 5 rings (SSSR count). The van der Waals surface area contributed by atoms with Gasteiger partial charge in [-0.05, 0) is 17.8 Å². The van der Waals surface area contributed by atoms with E-state index in [2.05, 4.69) is 5.32 Å². The van der Waals surface area contributed by atoms with E-state index in [1.54, 1.807) is 12.1 Å². The summed E-state index contributed by atoms with van der Waals surface area (Å²) in [5.41, 5.74) is 12.3. The summed E-state index contributed by atoms with van der Waals surface area (Å²) in [6.07, 6.45) is 12.6. The number of nitrogen functional groups attached to an aromatic ring is 1. The van der Waals surface area contributed by atoms with E-state index in [9.17, 15) is 14.7 Å². The molecule has 41 heavy (non-hydrogen) atoms. The minimum atomic E-state index is -0.981. The molecule has 1 aromatic carbocycles. The molecule has 7 N–H and O–H groups in total. The van der Waals surface area contributed by atoms with Crippen LogP contribution in [0, 0.1) is 29.1 Å². The average molecular weight is 589 g/mol. The SMILES string of the molecule is Cl.N=C(N)c1ccc(C[N+]2(C(=O)[C@H](NCC(=O)O)C(C3CCCCC3)C3CCCCC3)CC[C@@H]3C[C@@]32C(N)=O)cc1. The van der Waals surface area contributed by atoms with Gasteiger partial charge >= 0.3 is 11.9 Å². The second-order valence-electron chi connectivity index (χ2n) is 12.9. The molecule has 3 saturated carbocycles. The van der Waals surface area contributed by atoms with Gasteiger partial charge in [0.15, 0.2) is 5.54 Å². The summed E-state index contributed by atoms with van der Waals surface area (Å²) < 4.78 is -0.0420. The van der Waals surface area contributed by atoms with Crippen LogP contribution >= 0.6 is 12.4 Å². The number of quaternary nitrogens is 1. The number of nitrogens with two attached hydrogens (primary N) is 2. The fourth-order valence-corrected chi connectivity index (χ4v) is 8.80. The van der Waals surface area contributed by atoms with Gasteiger partial charge in [0.05, 0.1) is 13.1 Å². The molecule has 1 saturated heterocycles. The molecule has 226 valence electrons. The molecule has 4 fully saturated rings. The number of amidine groups is 1. The van der Waals surface area contributed by atoms with E-state index in [0.717, 1.165) is 63.4 Å². The van der Waals surface area contributed by atoms with Crippen molar-refractivity contribution in [2.24, 2.45) is 35.1 Å². The Labute approximate surface area is 249 Å². The van der Waals surface area contributed by atoms with Gasteiger partial charge in [-0.1, -0.05) is 88.5 Å². The Morgan fingerprint density at radius 1 is 0.951 bits per heavy atom. The molecule has 2 amide bonds. The molecular formula is C31H47ClN5O4+. The molecule has 1 heterocycles. The zero-order valence-corrected chi connectivity index (χ0v) is 24.8. The van der Waals surface area contributed by atoms with Crippen molar-refractivity contribution < 1.29 is 24.0 Å². The molecule has 4 atom stereocenters. The smallest absolute Gasteiger partial charge is 0.332 e. The number of carboxylic acid groups (broad SMARTS) is 1. The van der Waals surface area contributed by atoms with Gasteiger partial charge in [0.1, 0.15) is 18.4 Å². The molecule has 9 nitrogen and oxygen atoms in total. The molecule has 3 aliphatic carbocycles. The number of piperidine rings is 1. The van der Waals surface area contributed by atoms with Crippen LogP contribution in [0.3, 0.4) is 0 Å². The zero-order chi connectivity index (χ0) is 28.5. The van der Waals surface area contributed by atoms with Crippen molar-refractivity contribution in [1.82, 2.24) is 5.32 Å². The third-order valence-electron chi connectivity index (χ3n) is 10.8. The lowest BCUT2D eigenvalue weighted by Crippen LogP contribution is -2.69. The first kappa shape index (κ1) is 31.4. The highest BCUT2D eigenvalue weighted by atomic mass is 35.5. The molecule has 1 aliphatic heterocycles. The molecule has 0 aromatic heterocycles. The highest BCUT2D eigenvalue weighted by Crippen LogP contribution is 2.61. The Morgan fingerprint density at radius 3 is 1.98 bits per heavy atom.